The van der Waals surface area contributed by atoms with Crippen molar-refractivity contribution >= 4 is 169 Å². The highest BCUT2D eigenvalue weighted by atomic mass is 80.9. The number of carbonyl (C=O) groups excluding carboxylic acids is 6. The van der Waals surface area contributed by atoms with Gasteiger partial charge in [-0.05, 0) is 124 Å². The van der Waals surface area contributed by atoms with Crippen LogP contribution in [0.15, 0.2) is 78.7 Å². The van der Waals surface area contributed by atoms with E-state index in [0.717, 1.165) is 0 Å². The lowest BCUT2D eigenvalue weighted by Gasteiger charge is -2.14. The van der Waals surface area contributed by atoms with Crippen LogP contribution in [0.25, 0.3) is 0 Å². The Morgan fingerprint density at radius 3 is 1.02 bits per heavy atom. The second-order valence-electron chi connectivity index (χ2n) is 7.28. The first-order valence-electron chi connectivity index (χ1n) is 10.7. The van der Waals surface area contributed by atoms with E-state index in [-0.39, 0.29) is 53.6 Å². The van der Waals surface area contributed by atoms with Crippen molar-refractivity contribution in [3.8, 4) is 11.5 Å². The number of alkyl halides is 2. The molecular formula is C25H20Br8O12S. The van der Waals surface area contributed by atoms with E-state index in [1.165, 1.54) is 60.7 Å². The summed E-state index contributed by atoms with van der Waals surface area (Å²) in [6, 6.07) is 2.81. The number of hydrogen-bond acceptors (Lipinski definition) is 10. The van der Waals surface area contributed by atoms with E-state index in [1.807, 2.05) is 0 Å². The minimum Gasteiger partial charge on any atom is -0.507 e. The summed E-state index contributed by atoms with van der Waals surface area (Å²) in [5, 5.41) is 18.1. The molecule has 0 saturated carbocycles. The van der Waals surface area contributed by atoms with Gasteiger partial charge in [-0.25, -0.2) is 0 Å². The maximum atomic E-state index is 10.8. The Balaban J connectivity index is -0.000000501. The summed E-state index contributed by atoms with van der Waals surface area (Å²) in [4.78, 5) is 63.0. The molecule has 0 saturated heterocycles. The normalized spacial score (nSPS) is 17.8. The summed E-state index contributed by atoms with van der Waals surface area (Å²) < 4.78 is 33.1. The number of halogens is 8. The van der Waals surface area contributed by atoms with Crippen molar-refractivity contribution in [2.45, 2.75) is 17.1 Å². The molecule has 0 amide bonds. The fourth-order valence-corrected chi connectivity index (χ4v) is 4.27. The van der Waals surface area contributed by atoms with E-state index in [1.54, 1.807) is 0 Å². The van der Waals surface area contributed by atoms with Gasteiger partial charge in [-0.1, -0.05) is 39.3 Å². The topological polar surface area (TPSA) is 217 Å². The summed E-state index contributed by atoms with van der Waals surface area (Å²) in [6.45, 7) is 0. The molecule has 4 rings (SSSR count). The molecule has 21 heteroatoms. The molecule has 2 atom stereocenters. The van der Waals surface area contributed by atoms with Crippen LogP contribution in [0, 0.1) is 0 Å². The average molecular weight is 1180 g/mol. The second kappa shape index (κ2) is 25.3. The molecule has 0 spiro atoms. The summed E-state index contributed by atoms with van der Waals surface area (Å²) in [6.07, 6.45) is 10.1. The summed E-state index contributed by atoms with van der Waals surface area (Å²) >= 11 is 23.8. The SMILES string of the molecule is BrBr.C.O=C1C=CC(=O)C(Br)=C1Br.O=C1C=CC(=O)C(Br)C1Br.O=C1C=CC(=O)C=C1.O=S(=O)(O)O.Oc1ccc(O)c(Br)c1Br. The Bertz CT molecular complexity index is 1440. The molecule has 3 aliphatic rings. The molecule has 0 aromatic heterocycles. The average Bonchev–Trinajstić information content (AvgIpc) is 2.98. The van der Waals surface area contributed by atoms with Gasteiger partial charge >= 0.3 is 10.4 Å². The van der Waals surface area contributed by atoms with Gasteiger partial charge in [-0.2, -0.15) is 8.42 Å². The Kier molecular flexibility index (Phi) is 27.3. The van der Waals surface area contributed by atoms with Gasteiger partial charge in [0, 0.05) is 28.3 Å². The van der Waals surface area contributed by atoms with Crippen molar-refractivity contribution in [2.24, 2.45) is 0 Å². The van der Waals surface area contributed by atoms with Gasteiger partial charge in [0.25, 0.3) is 0 Å². The molecule has 12 nitrogen and oxygen atoms in total. The molecule has 0 fully saturated rings. The monoisotopic (exact) mass is 1180 g/mol. The van der Waals surface area contributed by atoms with Gasteiger partial charge in [-0.3, -0.25) is 37.9 Å². The van der Waals surface area contributed by atoms with Crippen LogP contribution < -0.4 is 0 Å². The van der Waals surface area contributed by atoms with Crippen LogP contribution in [0.4, 0.5) is 0 Å². The van der Waals surface area contributed by atoms with Crippen LogP contribution in [0.5, 0.6) is 11.5 Å². The van der Waals surface area contributed by atoms with Crippen molar-refractivity contribution in [3.63, 3.8) is 0 Å². The Hall–Kier alpha value is -0.750. The first-order chi connectivity index (χ1) is 20.7. The van der Waals surface area contributed by atoms with Gasteiger partial charge in [-0.15, -0.1) is 0 Å². The van der Waals surface area contributed by atoms with Gasteiger partial charge in [0.1, 0.15) is 11.5 Å². The summed E-state index contributed by atoms with van der Waals surface area (Å²) in [7, 11) is -4.67. The number of phenolic OH excluding ortho intramolecular Hbond substituents is 2. The van der Waals surface area contributed by atoms with E-state index in [2.05, 4.69) is 124 Å². The van der Waals surface area contributed by atoms with Crippen molar-refractivity contribution in [2.75, 3.05) is 0 Å². The molecule has 2 unspecified atom stereocenters. The summed E-state index contributed by atoms with van der Waals surface area (Å²) in [5.74, 6) is -0.551. The predicted molar refractivity (Wildman–Crippen MR) is 201 cm³/mol. The zero-order valence-electron chi connectivity index (χ0n) is 21.4. The third-order valence-electron chi connectivity index (χ3n) is 4.09. The highest BCUT2D eigenvalue weighted by molar-refractivity contribution is 9.93. The van der Waals surface area contributed by atoms with Crippen LogP contribution in [0.2, 0.25) is 0 Å². The molecule has 4 N–H and O–H groups in total. The largest absolute Gasteiger partial charge is 0.507 e. The van der Waals surface area contributed by atoms with E-state index in [0.29, 0.717) is 17.9 Å². The van der Waals surface area contributed by atoms with Crippen molar-refractivity contribution < 1.29 is 56.5 Å². The number of carbonyl (C=O) groups is 6. The number of hydrogen-bond donors (Lipinski definition) is 4. The van der Waals surface area contributed by atoms with Crippen LogP contribution >= 0.6 is 124 Å². The number of aromatic hydroxyl groups is 2. The molecule has 0 bridgehead atoms. The smallest absolute Gasteiger partial charge is 0.394 e. The lowest BCUT2D eigenvalue weighted by Crippen LogP contribution is -2.32. The van der Waals surface area contributed by atoms with Gasteiger partial charge in [0.15, 0.2) is 34.7 Å². The van der Waals surface area contributed by atoms with Crippen molar-refractivity contribution in [1.82, 2.24) is 0 Å². The fraction of sp³-hybridized carbons (Fsp3) is 0.120. The molecule has 0 heterocycles. The molecular weight excluding hydrogens is 1160 g/mol. The zero-order valence-corrected chi connectivity index (χ0v) is 34.9. The molecule has 0 aliphatic heterocycles. The first-order valence-corrected chi connectivity index (χ1v) is 20.8. The first kappa shape index (κ1) is 49.6. The van der Waals surface area contributed by atoms with Crippen LogP contribution in [0.3, 0.4) is 0 Å². The van der Waals surface area contributed by atoms with E-state index < -0.39 is 20.1 Å². The molecule has 1 aromatic carbocycles. The second-order valence-corrected chi connectivity index (χ2v) is 13.3. The van der Waals surface area contributed by atoms with Crippen LogP contribution in [-0.2, 0) is 39.2 Å². The molecule has 0 radical (unpaired) electrons. The maximum absolute atomic E-state index is 10.8. The van der Waals surface area contributed by atoms with Crippen LogP contribution in [-0.4, -0.2) is 72.1 Å². The number of benzene rings is 1. The Morgan fingerprint density at radius 1 is 0.543 bits per heavy atom. The lowest BCUT2D eigenvalue weighted by molar-refractivity contribution is -0.119. The minimum absolute atomic E-state index is 0. The van der Waals surface area contributed by atoms with E-state index in [4.69, 9.17) is 27.7 Å². The molecule has 1 aromatic rings. The Labute approximate surface area is 329 Å². The number of ketones is 6. The van der Waals surface area contributed by atoms with E-state index in [9.17, 15) is 28.8 Å². The fourth-order valence-electron chi connectivity index (χ4n) is 2.12. The lowest BCUT2D eigenvalue weighted by atomic mass is 10.1. The van der Waals surface area contributed by atoms with Gasteiger partial charge in [0.05, 0.1) is 27.6 Å². The third-order valence-corrected chi connectivity index (χ3v) is 11.0. The van der Waals surface area contributed by atoms with Gasteiger partial charge in [0.2, 0.25) is 0 Å². The van der Waals surface area contributed by atoms with Gasteiger partial charge < -0.3 is 10.2 Å². The number of allylic oxidation sites excluding steroid dienone is 10. The Morgan fingerprint density at radius 2 is 0.783 bits per heavy atom. The predicted octanol–water partition coefficient (Wildman–Crippen LogP) is 7.47. The molecule has 254 valence electrons. The quantitative estimate of drug-likeness (QED) is 0.0862. The van der Waals surface area contributed by atoms with E-state index >= 15 is 0 Å². The maximum Gasteiger partial charge on any atom is 0.394 e. The standard InChI is InChI=1S/2C6H4Br2O2.C6H2Br2O2.C6H4O2.CH4.Br2.H2O4S/c3*7-5-3(9)1-2-4(10)6(5)8;7-5-1-2-6(8)4-3-5;;1-2;1-5(2,3)4/h1-2,9-10H;1-2,5-6H;1-2H;1-4H;1H4;;(H2,1,2,3,4). The molecule has 3 aliphatic carbocycles. The number of phenols is 2. The summed E-state index contributed by atoms with van der Waals surface area (Å²) in [5.41, 5.74) is 0. The van der Waals surface area contributed by atoms with Crippen molar-refractivity contribution in [1.29, 1.82) is 0 Å². The molecule has 46 heavy (non-hydrogen) atoms. The highest BCUT2D eigenvalue weighted by Gasteiger charge is 2.30. The van der Waals surface area contributed by atoms with Crippen molar-refractivity contribution in [3.05, 3.63) is 78.7 Å². The van der Waals surface area contributed by atoms with Crippen LogP contribution in [0.1, 0.15) is 7.43 Å². The minimum atomic E-state index is -4.67. The third kappa shape index (κ3) is 21.3. The zero-order chi connectivity index (χ0) is 35.7. The number of rotatable bonds is 0. The highest BCUT2D eigenvalue weighted by Crippen LogP contribution is 2.37.